The van der Waals surface area contributed by atoms with Crippen molar-refractivity contribution in [1.82, 2.24) is 0 Å². The highest BCUT2D eigenvalue weighted by Crippen LogP contribution is 1.84. The highest BCUT2D eigenvalue weighted by molar-refractivity contribution is 5.63. The molecule has 0 aliphatic rings. The smallest absolute Gasteiger partial charge is 0.139 e. The highest BCUT2D eigenvalue weighted by Gasteiger charge is 2.05. The Morgan fingerprint density at radius 3 is 2.17 bits per heavy atom. The number of carbonyl (C=O) groups excluding carboxylic acids is 1. The van der Waals surface area contributed by atoms with Crippen molar-refractivity contribution in [3.63, 3.8) is 0 Å². The molecule has 0 aromatic carbocycles. The van der Waals surface area contributed by atoms with Crippen molar-refractivity contribution in [3.8, 4) is 0 Å². The van der Waals surface area contributed by atoms with Crippen LogP contribution in [0.15, 0.2) is 0 Å². The minimum Gasteiger partial charge on any atom is -0.319 e. The van der Waals surface area contributed by atoms with Gasteiger partial charge in [0, 0.05) is 0 Å². The second-order valence-electron chi connectivity index (χ2n) is 1.62. The minimum atomic E-state index is -0.889. The quantitative estimate of drug-likeness (QED) is 0.446. The average molecular weight is 86.1 g/mol. The maximum atomic E-state index is 9.64. The Balaban J connectivity index is 3.45. The monoisotopic (exact) mass is 86.1 g/mol. The van der Waals surface area contributed by atoms with Crippen molar-refractivity contribution in [2.45, 2.75) is 12.5 Å². The number of nitrogens with two attached hydrogens (primary N) is 1. The number of hydrogen-bond donors (Lipinski definition) is 1. The molecule has 0 aliphatic carbocycles. The van der Waals surface area contributed by atoms with Gasteiger partial charge in [-0.05, 0) is 13.8 Å². The van der Waals surface area contributed by atoms with E-state index in [1.807, 2.05) is 0 Å². The third kappa shape index (κ3) is 3.63. The van der Waals surface area contributed by atoms with Crippen LogP contribution in [0.3, 0.4) is 0 Å². The van der Waals surface area contributed by atoms with Gasteiger partial charge in [0.15, 0.2) is 0 Å². The van der Waals surface area contributed by atoms with Gasteiger partial charge in [-0.3, -0.25) is 0 Å². The van der Waals surface area contributed by atoms with Gasteiger partial charge in [-0.1, -0.05) is 0 Å². The summed E-state index contributed by atoms with van der Waals surface area (Å²) in [5.74, 6) is 0. The molecule has 6 heavy (non-hydrogen) atoms. The van der Waals surface area contributed by atoms with Crippen LogP contribution < -0.4 is 5.73 Å². The predicted octanol–water partition coefficient (Wildman–Crippen LogP) is -0.263. The van der Waals surface area contributed by atoms with E-state index >= 15 is 0 Å². The largest absolute Gasteiger partial charge is 0.319 e. The number of hydrogen-bond acceptors (Lipinski definition) is 2. The minimum absolute atomic E-state index is 0.604. The third-order valence-electron chi connectivity index (χ3n) is 0.269. The summed E-state index contributed by atoms with van der Waals surface area (Å²) in [5, 5.41) is 0. The average Bonchev–Trinajstić information content (AvgIpc) is 1.35. The summed E-state index contributed by atoms with van der Waals surface area (Å²) in [6.07, 6.45) is 0.604. The number of carbonyl (C=O) groups is 1. The van der Waals surface area contributed by atoms with Crippen LogP contribution in [-0.4, -0.2) is 11.8 Å². The van der Waals surface area contributed by atoms with E-state index in [4.69, 9.17) is 5.73 Å². The van der Waals surface area contributed by atoms with Gasteiger partial charge in [0.25, 0.3) is 0 Å². The number of rotatable bonds is 1. The lowest BCUT2D eigenvalue weighted by Crippen LogP contribution is -2.33. The van der Waals surface area contributed by atoms with Crippen LogP contribution in [0.1, 0.15) is 6.92 Å². The fourth-order valence-electron chi connectivity index (χ4n) is 0. The van der Waals surface area contributed by atoms with Gasteiger partial charge in [0.2, 0.25) is 0 Å². The van der Waals surface area contributed by atoms with Crippen LogP contribution in [0.5, 0.6) is 0 Å². The van der Waals surface area contributed by atoms with Crippen LogP contribution in [0.4, 0.5) is 0 Å². The Morgan fingerprint density at radius 1 is 2.00 bits per heavy atom. The van der Waals surface area contributed by atoms with E-state index in [0.717, 1.165) is 0 Å². The van der Waals surface area contributed by atoms with E-state index in [1.54, 1.807) is 6.92 Å². The van der Waals surface area contributed by atoms with Crippen molar-refractivity contribution >= 4 is 6.29 Å². The maximum Gasteiger partial charge on any atom is 0.139 e. The topological polar surface area (TPSA) is 43.1 Å². The molecule has 1 radical (unpaired) electrons. The molecule has 0 heterocycles. The standard InChI is InChI=1S/C4H8NO/c1-4(2,5)3-6/h3H,1,5H2,2H3. The lowest BCUT2D eigenvalue weighted by molar-refractivity contribution is -0.110. The van der Waals surface area contributed by atoms with Gasteiger partial charge in [-0.25, -0.2) is 0 Å². The summed E-state index contributed by atoms with van der Waals surface area (Å²) in [6.45, 7) is 4.84. The molecule has 0 rings (SSSR count). The van der Waals surface area contributed by atoms with Crippen molar-refractivity contribution < 1.29 is 4.79 Å². The van der Waals surface area contributed by atoms with Crippen LogP contribution in [0, 0.1) is 6.92 Å². The molecule has 2 heteroatoms. The summed E-state index contributed by atoms with van der Waals surface area (Å²) in [5.41, 5.74) is 4.17. The van der Waals surface area contributed by atoms with Crippen LogP contribution in [-0.2, 0) is 4.79 Å². The van der Waals surface area contributed by atoms with Gasteiger partial charge in [-0.15, -0.1) is 0 Å². The summed E-state index contributed by atoms with van der Waals surface area (Å²) in [4.78, 5) is 9.64. The molecule has 0 fully saturated rings. The Bertz CT molecular complexity index is 53.1. The molecule has 0 saturated heterocycles. The molecule has 0 aliphatic heterocycles. The maximum absolute atomic E-state index is 9.64. The van der Waals surface area contributed by atoms with Gasteiger partial charge < -0.3 is 10.5 Å². The van der Waals surface area contributed by atoms with E-state index in [-0.39, 0.29) is 0 Å². The Morgan fingerprint density at radius 2 is 2.17 bits per heavy atom. The first kappa shape index (κ1) is 5.63. The third-order valence-corrected chi connectivity index (χ3v) is 0.269. The molecule has 2 nitrogen and oxygen atoms in total. The molecule has 0 saturated carbocycles. The summed E-state index contributed by atoms with van der Waals surface area (Å²) in [7, 11) is 0. The Hall–Kier alpha value is -0.370. The van der Waals surface area contributed by atoms with Crippen LogP contribution in [0.25, 0.3) is 0 Å². The zero-order chi connectivity index (χ0) is 5.21. The molecular formula is C4H8NO. The molecular weight excluding hydrogens is 78.0 g/mol. The van der Waals surface area contributed by atoms with E-state index in [9.17, 15) is 4.79 Å². The van der Waals surface area contributed by atoms with Crippen molar-refractivity contribution in [2.75, 3.05) is 0 Å². The zero-order valence-electron chi connectivity index (χ0n) is 3.77. The molecule has 1 unspecified atom stereocenters. The van der Waals surface area contributed by atoms with Crippen molar-refractivity contribution in [2.24, 2.45) is 5.73 Å². The van der Waals surface area contributed by atoms with Crippen LogP contribution in [0.2, 0.25) is 0 Å². The number of aldehydes is 1. The Kier molecular flexibility index (Phi) is 1.30. The normalized spacial score (nSPS) is 11.2. The highest BCUT2D eigenvalue weighted by atomic mass is 16.1. The lowest BCUT2D eigenvalue weighted by atomic mass is 10.1. The first-order valence-corrected chi connectivity index (χ1v) is 1.67. The predicted molar refractivity (Wildman–Crippen MR) is 24.0 cm³/mol. The fraction of sp³-hybridized carbons (Fsp3) is 0.500. The van der Waals surface area contributed by atoms with Gasteiger partial charge >= 0.3 is 0 Å². The molecule has 0 aromatic heterocycles. The molecule has 0 spiro atoms. The molecule has 2 N–H and O–H groups in total. The van der Waals surface area contributed by atoms with Crippen LogP contribution >= 0.6 is 0 Å². The first-order valence-electron chi connectivity index (χ1n) is 1.67. The second kappa shape index (κ2) is 1.39. The SMILES string of the molecule is [CH2]C(C)(N)C=O. The molecule has 1 atom stereocenters. The van der Waals surface area contributed by atoms with Crippen molar-refractivity contribution in [1.29, 1.82) is 0 Å². The molecule has 0 amide bonds. The molecule has 0 aromatic rings. The van der Waals surface area contributed by atoms with Crippen molar-refractivity contribution in [3.05, 3.63) is 6.92 Å². The Labute approximate surface area is 37.3 Å². The summed E-state index contributed by atoms with van der Waals surface area (Å²) >= 11 is 0. The zero-order valence-corrected chi connectivity index (χ0v) is 3.77. The summed E-state index contributed by atoms with van der Waals surface area (Å²) in [6, 6.07) is 0. The van der Waals surface area contributed by atoms with Gasteiger partial charge in [0.1, 0.15) is 6.29 Å². The van der Waals surface area contributed by atoms with Gasteiger partial charge in [0.05, 0.1) is 5.54 Å². The van der Waals surface area contributed by atoms with E-state index in [2.05, 4.69) is 6.92 Å². The molecule has 0 bridgehead atoms. The van der Waals surface area contributed by atoms with Gasteiger partial charge in [-0.2, -0.15) is 0 Å². The molecule has 35 valence electrons. The second-order valence-corrected chi connectivity index (χ2v) is 1.62. The fourth-order valence-corrected chi connectivity index (χ4v) is 0. The van der Waals surface area contributed by atoms with E-state index in [0.29, 0.717) is 6.29 Å². The summed E-state index contributed by atoms with van der Waals surface area (Å²) < 4.78 is 0. The first-order chi connectivity index (χ1) is 2.56. The van der Waals surface area contributed by atoms with E-state index < -0.39 is 5.54 Å². The lowest BCUT2D eigenvalue weighted by Gasteiger charge is -2.04. The van der Waals surface area contributed by atoms with E-state index in [1.165, 1.54) is 0 Å².